The van der Waals surface area contributed by atoms with Crippen molar-refractivity contribution in [2.45, 2.75) is 198 Å². The summed E-state index contributed by atoms with van der Waals surface area (Å²) in [5, 5.41) is 51.2. The van der Waals surface area contributed by atoms with E-state index in [4.69, 9.17) is 28.3 Å². The van der Waals surface area contributed by atoms with Gasteiger partial charge in [0.15, 0.2) is 6.10 Å². The summed E-state index contributed by atoms with van der Waals surface area (Å²) in [6, 6.07) is 0. The highest BCUT2D eigenvalue weighted by atomic mass is 31.2. The van der Waals surface area contributed by atoms with Gasteiger partial charge in [-0.3, -0.25) is 23.2 Å². The van der Waals surface area contributed by atoms with Gasteiger partial charge in [0, 0.05) is 12.8 Å². The lowest BCUT2D eigenvalue weighted by atomic mass is 9.85. The summed E-state index contributed by atoms with van der Waals surface area (Å²) in [7, 11) is -10.7. The summed E-state index contributed by atoms with van der Waals surface area (Å²) in [6.07, 6.45) is 26.1. The third-order valence-corrected chi connectivity index (χ3v) is 11.9. The molecule has 1 saturated carbocycles. The first-order valence-corrected chi connectivity index (χ1v) is 26.6. The summed E-state index contributed by atoms with van der Waals surface area (Å²) in [5.74, 6) is -1.34. The number of phosphoric acid groups is 2. The molecule has 0 aromatic carbocycles. The van der Waals surface area contributed by atoms with Crippen LogP contribution in [0.1, 0.15) is 149 Å². The zero-order chi connectivity index (χ0) is 49.1. The van der Waals surface area contributed by atoms with Crippen LogP contribution in [0.25, 0.3) is 0 Å². The molecule has 19 heteroatoms. The molecule has 66 heavy (non-hydrogen) atoms. The number of carbonyl (C=O) groups excluding carboxylic acids is 2. The Morgan fingerprint density at radius 3 is 1.70 bits per heavy atom. The molecule has 1 aliphatic rings. The topological polar surface area (TPSA) is 276 Å². The van der Waals surface area contributed by atoms with Crippen molar-refractivity contribution < 1.29 is 82.0 Å². The smallest absolute Gasteiger partial charge is 0.462 e. The van der Waals surface area contributed by atoms with Crippen LogP contribution >= 0.6 is 15.6 Å². The lowest BCUT2D eigenvalue weighted by Crippen LogP contribution is -2.64. The summed E-state index contributed by atoms with van der Waals surface area (Å²) < 4.78 is 49.2. The molecule has 0 saturated heterocycles. The van der Waals surface area contributed by atoms with Gasteiger partial charge in [-0.25, -0.2) is 9.13 Å². The number of rotatable bonds is 38. The molecule has 0 bridgehead atoms. The summed E-state index contributed by atoms with van der Waals surface area (Å²) in [6.45, 7) is 2.86. The van der Waals surface area contributed by atoms with Crippen LogP contribution in [-0.2, 0) is 41.8 Å². The van der Waals surface area contributed by atoms with E-state index in [-0.39, 0.29) is 19.3 Å². The quantitative estimate of drug-likeness (QED) is 0.00963. The van der Waals surface area contributed by atoms with E-state index in [1.165, 1.54) is 51.4 Å². The van der Waals surface area contributed by atoms with E-state index in [0.29, 0.717) is 25.7 Å². The van der Waals surface area contributed by atoms with Crippen LogP contribution in [0.2, 0.25) is 0 Å². The number of aliphatic hydroxyl groups is 5. The molecule has 380 valence electrons. The van der Waals surface area contributed by atoms with Gasteiger partial charge in [0.25, 0.3) is 0 Å². The lowest BCUT2D eigenvalue weighted by molar-refractivity contribution is -0.216. The average Bonchev–Trinajstić information content (AvgIpc) is 3.27. The SMILES string of the molecule is CC/C=C\C/C=C\CC(O)/C=C/C=C\C/C=C\C/C=C\CCC(=O)O[C@H](COC(=O)CCCCCCCCCCCCCCC)COP(=O)(O)O[C@H]1C(O)C(O)C(O)[C@@H](OP(=O)(O)O)C1O. The second kappa shape index (κ2) is 37.3. The van der Waals surface area contributed by atoms with E-state index >= 15 is 0 Å². The predicted molar refractivity (Wildman–Crippen MR) is 252 cm³/mol. The zero-order valence-corrected chi connectivity index (χ0v) is 40.7. The average molecular weight is 979 g/mol. The summed E-state index contributed by atoms with van der Waals surface area (Å²) >= 11 is 0. The standard InChI is InChI=1S/C47H80O17P2/c1-3-5-7-9-11-12-13-14-15-19-22-26-30-34-40(49)60-36-39(37-61-66(58,59)64-47-44(53)42(51)43(52)46(45(47)54)63-65(55,56)57)62-41(50)35-31-27-23-20-17-16-18-21-25-29-33-38(48)32-28-24-10-8-6-4-2/h6,8,16-17,21,23-25,27-29,33,38-39,42-48,51-54H,3-5,7,9-15,18-20,22,26,30-32,34-37H2,1-2H3,(H,58,59)(H2,55,56,57)/b8-6-,17-16-,25-21-,27-23-,28-24-,33-29+/t38?,39-,42?,43?,44?,45?,46-,47+/m1/s1. The van der Waals surface area contributed by atoms with Crippen LogP contribution in [0.3, 0.4) is 0 Å². The minimum absolute atomic E-state index is 0.0941. The Morgan fingerprint density at radius 1 is 0.576 bits per heavy atom. The number of hydrogen-bond acceptors (Lipinski definition) is 14. The molecule has 8 N–H and O–H groups in total. The molecule has 0 heterocycles. The Morgan fingerprint density at radius 2 is 1.11 bits per heavy atom. The van der Waals surface area contributed by atoms with Crippen molar-refractivity contribution in [1.29, 1.82) is 0 Å². The Balaban J connectivity index is 2.68. The van der Waals surface area contributed by atoms with Crippen LogP contribution in [0, 0.1) is 0 Å². The fourth-order valence-electron chi connectivity index (χ4n) is 6.72. The highest BCUT2D eigenvalue weighted by Gasteiger charge is 2.54. The number of ether oxygens (including phenoxy) is 2. The Kier molecular flexibility index (Phi) is 34.7. The van der Waals surface area contributed by atoms with E-state index in [2.05, 4.69) is 30.5 Å². The molecule has 1 aliphatic carbocycles. The van der Waals surface area contributed by atoms with Crippen molar-refractivity contribution in [2.75, 3.05) is 13.2 Å². The predicted octanol–water partition coefficient (Wildman–Crippen LogP) is 7.81. The number of unbranched alkanes of at least 4 members (excludes halogenated alkanes) is 12. The van der Waals surface area contributed by atoms with Crippen LogP contribution < -0.4 is 0 Å². The van der Waals surface area contributed by atoms with Gasteiger partial charge in [-0.2, -0.15) is 0 Å². The van der Waals surface area contributed by atoms with E-state index in [0.717, 1.165) is 38.5 Å². The number of aliphatic hydroxyl groups excluding tert-OH is 5. The second-order valence-corrected chi connectivity index (χ2v) is 18.9. The largest absolute Gasteiger partial charge is 0.472 e. The molecule has 9 atom stereocenters. The molecule has 0 aromatic rings. The molecule has 1 rings (SSSR count). The molecule has 0 aromatic heterocycles. The number of phosphoric ester groups is 2. The fraction of sp³-hybridized carbons (Fsp3) is 0.702. The van der Waals surface area contributed by atoms with Gasteiger partial charge in [-0.05, 0) is 44.9 Å². The zero-order valence-electron chi connectivity index (χ0n) is 39.0. The van der Waals surface area contributed by atoms with Crippen molar-refractivity contribution in [1.82, 2.24) is 0 Å². The van der Waals surface area contributed by atoms with E-state index in [1.54, 1.807) is 18.2 Å². The van der Waals surface area contributed by atoms with E-state index in [1.807, 2.05) is 42.5 Å². The summed E-state index contributed by atoms with van der Waals surface area (Å²) in [5.41, 5.74) is 0. The van der Waals surface area contributed by atoms with Gasteiger partial charge >= 0.3 is 27.6 Å². The van der Waals surface area contributed by atoms with Gasteiger partial charge in [0.2, 0.25) is 0 Å². The first kappa shape index (κ1) is 61.4. The Bertz CT molecular complexity index is 1570. The third-order valence-electron chi connectivity index (χ3n) is 10.4. The van der Waals surface area contributed by atoms with Gasteiger partial charge in [-0.15, -0.1) is 0 Å². The second-order valence-electron chi connectivity index (χ2n) is 16.3. The van der Waals surface area contributed by atoms with Gasteiger partial charge in [0.05, 0.1) is 12.7 Å². The van der Waals surface area contributed by atoms with Gasteiger partial charge in [-0.1, -0.05) is 164 Å². The van der Waals surface area contributed by atoms with Crippen molar-refractivity contribution in [2.24, 2.45) is 0 Å². The number of allylic oxidation sites excluding steroid dienone is 10. The van der Waals surface area contributed by atoms with Crippen LogP contribution in [0.15, 0.2) is 72.9 Å². The van der Waals surface area contributed by atoms with E-state index < -0.39 is 89.6 Å². The maximum atomic E-state index is 13.0. The molecular weight excluding hydrogens is 898 g/mol. The van der Waals surface area contributed by atoms with Crippen LogP contribution in [-0.4, -0.2) is 114 Å². The minimum Gasteiger partial charge on any atom is -0.462 e. The maximum Gasteiger partial charge on any atom is 0.472 e. The normalized spacial score (nSPS) is 22.6. The minimum atomic E-state index is -5.38. The van der Waals surface area contributed by atoms with Gasteiger partial charge < -0.3 is 49.7 Å². The number of hydrogen-bond donors (Lipinski definition) is 8. The number of carbonyl (C=O) groups is 2. The third kappa shape index (κ3) is 31.4. The van der Waals surface area contributed by atoms with Crippen molar-refractivity contribution in [3.05, 3.63) is 72.9 Å². The van der Waals surface area contributed by atoms with Crippen LogP contribution in [0.5, 0.6) is 0 Å². The molecule has 0 spiro atoms. The first-order valence-electron chi connectivity index (χ1n) is 23.6. The van der Waals surface area contributed by atoms with E-state index in [9.17, 15) is 49.1 Å². The van der Waals surface area contributed by atoms with Crippen LogP contribution in [0.4, 0.5) is 0 Å². The molecule has 0 amide bonds. The molecule has 0 aliphatic heterocycles. The first-order chi connectivity index (χ1) is 31.5. The molecular formula is C47H80O17P2. The van der Waals surface area contributed by atoms with Gasteiger partial charge in [0.1, 0.15) is 43.2 Å². The molecule has 6 unspecified atom stereocenters. The van der Waals surface area contributed by atoms with Crippen molar-refractivity contribution in [3.8, 4) is 0 Å². The Hall–Kier alpha value is -2.60. The highest BCUT2D eigenvalue weighted by molar-refractivity contribution is 7.47. The van der Waals surface area contributed by atoms with Crippen molar-refractivity contribution in [3.63, 3.8) is 0 Å². The monoisotopic (exact) mass is 978 g/mol. The summed E-state index contributed by atoms with van der Waals surface area (Å²) in [4.78, 5) is 54.2. The Labute approximate surface area is 392 Å². The fourth-order valence-corrected chi connectivity index (χ4v) is 8.26. The number of esters is 2. The lowest BCUT2D eigenvalue weighted by Gasteiger charge is -2.43. The molecule has 1 fully saturated rings. The van der Waals surface area contributed by atoms with Crippen molar-refractivity contribution >= 4 is 27.6 Å². The highest BCUT2D eigenvalue weighted by Crippen LogP contribution is 2.49. The molecule has 0 radical (unpaired) electrons. The molecule has 17 nitrogen and oxygen atoms in total. The maximum absolute atomic E-state index is 13.0.